The molecule has 0 atom stereocenters. The van der Waals surface area contributed by atoms with E-state index < -0.39 is 17.2 Å². The van der Waals surface area contributed by atoms with Gasteiger partial charge in [0.15, 0.2) is 17.3 Å². The summed E-state index contributed by atoms with van der Waals surface area (Å²) in [6.45, 7) is 7.19. The number of nitrogens with zero attached hydrogens (tertiary/aromatic N) is 5. The molecule has 6 nitrogen and oxygen atoms in total. The van der Waals surface area contributed by atoms with Gasteiger partial charge in [-0.3, -0.25) is 14.6 Å². The second-order valence-corrected chi connectivity index (χ2v) is 10.2. The third-order valence-corrected chi connectivity index (χ3v) is 6.97. The molecular weight excluding hydrogens is 484 g/mol. The van der Waals surface area contributed by atoms with Crippen LogP contribution in [0, 0.1) is 11.6 Å². The summed E-state index contributed by atoms with van der Waals surface area (Å²) in [6.07, 6.45) is 0. The number of amides is 1. The smallest absolute Gasteiger partial charge is 0.283 e. The van der Waals surface area contributed by atoms with Gasteiger partial charge in [-0.05, 0) is 49.6 Å². The molecule has 0 saturated carbocycles. The maximum Gasteiger partial charge on any atom is 0.283 e. The Morgan fingerprint density at radius 1 is 0.895 bits per heavy atom. The highest BCUT2D eigenvalue weighted by Crippen LogP contribution is 2.39. The van der Waals surface area contributed by atoms with Crippen molar-refractivity contribution in [2.24, 2.45) is 4.99 Å². The van der Waals surface area contributed by atoms with E-state index in [1.54, 1.807) is 11.0 Å². The zero-order chi connectivity index (χ0) is 26.6. The molecule has 0 N–H and O–H groups in total. The van der Waals surface area contributed by atoms with Crippen LogP contribution in [0.15, 0.2) is 77.8 Å². The van der Waals surface area contributed by atoms with E-state index in [9.17, 15) is 13.6 Å². The Kier molecular flexibility index (Phi) is 5.63. The highest BCUT2D eigenvalue weighted by atomic mass is 19.2. The fraction of sp³-hybridized carbons (Fsp3) is 0.233. The zero-order valence-electron chi connectivity index (χ0n) is 21.4. The van der Waals surface area contributed by atoms with Crippen LogP contribution in [0.4, 0.5) is 14.6 Å². The van der Waals surface area contributed by atoms with Crippen molar-refractivity contribution in [3.05, 3.63) is 95.7 Å². The number of aliphatic imine (C=N–C) groups is 1. The zero-order valence-corrected chi connectivity index (χ0v) is 21.4. The van der Waals surface area contributed by atoms with Gasteiger partial charge in [-0.1, -0.05) is 60.7 Å². The van der Waals surface area contributed by atoms with E-state index in [0.717, 1.165) is 22.8 Å². The Morgan fingerprint density at radius 2 is 1.58 bits per heavy atom. The molecule has 4 aromatic rings. The van der Waals surface area contributed by atoms with Gasteiger partial charge >= 0.3 is 0 Å². The third kappa shape index (κ3) is 3.97. The van der Waals surface area contributed by atoms with Gasteiger partial charge < -0.3 is 4.57 Å². The number of imidazole rings is 1. The molecule has 3 aromatic carbocycles. The average Bonchev–Trinajstić information content (AvgIpc) is 3.44. The Balaban J connectivity index is 1.52. The van der Waals surface area contributed by atoms with Crippen LogP contribution in [-0.4, -0.2) is 44.9 Å². The number of halogens is 2. The van der Waals surface area contributed by atoms with E-state index in [0.29, 0.717) is 41.9 Å². The molecule has 3 heterocycles. The summed E-state index contributed by atoms with van der Waals surface area (Å²) in [6, 6.07) is 21.9. The number of carbonyl (C=O) groups excluding carboxylic acids is 1. The van der Waals surface area contributed by atoms with E-state index in [2.05, 4.69) is 0 Å². The average molecular weight is 512 g/mol. The molecule has 38 heavy (non-hydrogen) atoms. The predicted molar refractivity (Wildman–Crippen MR) is 144 cm³/mol. The molecule has 2 aliphatic rings. The largest absolute Gasteiger partial charge is 0.305 e. The van der Waals surface area contributed by atoms with Crippen LogP contribution in [0.2, 0.25) is 0 Å². The number of benzene rings is 3. The standard InChI is InChI=1S/C30H27F2N5O/c1-4-35-28(38)25-27(37-18-30(2,3)34-29(35)37)36(17-19-10-15-23(31)24(32)16-19)26(33-25)22-13-11-21(12-14-22)20-8-6-5-7-9-20/h5-16H,4,17-18H2,1-3H3. The minimum atomic E-state index is -0.914. The highest BCUT2D eigenvalue weighted by molar-refractivity contribution is 6.18. The molecule has 0 fully saturated rings. The van der Waals surface area contributed by atoms with E-state index in [-0.39, 0.29) is 12.5 Å². The van der Waals surface area contributed by atoms with Crippen molar-refractivity contribution in [1.82, 2.24) is 14.5 Å². The first-order chi connectivity index (χ1) is 18.3. The summed E-state index contributed by atoms with van der Waals surface area (Å²) in [7, 11) is 0. The van der Waals surface area contributed by atoms with Gasteiger partial charge in [-0.2, -0.15) is 0 Å². The lowest BCUT2D eigenvalue weighted by Crippen LogP contribution is -2.51. The number of rotatable bonds is 5. The first kappa shape index (κ1) is 24.0. The number of hydrogen-bond donors (Lipinski definition) is 0. The van der Waals surface area contributed by atoms with E-state index >= 15 is 0 Å². The lowest BCUT2D eigenvalue weighted by Gasteiger charge is -2.34. The number of fused-ring (bicyclic) bond motifs is 3. The Morgan fingerprint density at radius 3 is 2.26 bits per heavy atom. The van der Waals surface area contributed by atoms with Crippen LogP contribution in [0.5, 0.6) is 0 Å². The van der Waals surface area contributed by atoms with Gasteiger partial charge in [-0.15, -0.1) is 0 Å². The predicted octanol–water partition coefficient (Wildman–Crippen LogP) is 5.97. The normalized spacial score (nSPS) is 15.9. The quantitative estimate of drug-likeness (QED) is 0.332. The summed E-state index contributed by atoms with van der Waals surface area (Å²) in [5, 5.41) is 0. The summed E-state index contributed by atoms with van der Waals surface area (Å²) in [4.78, 5) is 27.0. The SMILES string of the molecule is CCN1C(=O)c2nc(-c3ccc(-c4ccccc4)cc3)n(Cc3ccc(F)c(F)c3)c2N2CC(C)(C)N=C12. The first-order valence-corrected chi connectivity index (χ1v) is 12.7. The number of carbonyl (C=O) groups is 1. The number of aromatic nitrogens is 2. The topological polar surface area (TPSA) is 53.7 Å². The molecule has 192 valence electrons. The number of anilines is 1. The molecule has 0 aliphatic carbocycles. The van der Waals surface area contributed by atoms with Crippen LogP contribution >= 0.6 is 0 Å². The molecule has 0 spiro atoms. The molecule has 0 bridgehead atoms. The highest BCUT2D eigenvalue weighted by Gasteiger charge is 2.45. The lowest BCUT2D eigenvalue weighted by molar-refractivity contribution is 0.0841. The first-order valence-electron chi connectivity index (χ1n) is 12.7. The van der Waals surface area contributed by atoms with Crippen molar-refractivity contribution in [1.29, 1.82) is 0 Å². The van der Waals surface area contributed by atoms with Crippen LogP contribution in [0.1, 0.15) is 36.8 Å². The third-order valence-electron chi connectivity index (χ3n) is 6.97. The van der Waals surface area contributed by atoms with Gasteiger partial charge in [0.25, 0.3) is 5.91 Å². The van der Waals surface area contributed by atoms with Gasteiger partial charge in [0.2, 0.25) is 5.96 Å². The van der Waals surface area contributed by atoms with Crippen molar-refractivity contribution in [2.75, 3.05) is 18.0 Å². The fourth-order valence-electron chi connectivity index (χ4n) is 5.20. The van der Waals surface area contributed by atoms with Crippen LogP contribution in [0.25, 0.3) is 22.5 Å². The maximum atomic E-state index is 14.2. The summed E-state index contributed by atoms with van der Waals surface area (Å²) in [5.74, 6) is -0.245. The van der Waals surface area contributed by atoms with Gasteiger partial charge in [0.05, 0.1) is 18.6 Å². The second-order valence-electron chi connectivity index (χ2n) is 10.2. The maximum absolute atomic E-state index is 14.2. The molecule has 6 rings (SSSR count). The van der Waals surface area contributed by atoms with Gasteiger partial charge in [0, 0.05) is 12.1 Å². The van der Waals surface area contributed by atoms with Crippen molar-refractivity contribution in [2.45, 2.75) is 32.9 Å². The fourth-order valence-corrected chi connectivity index (χ4v) is 5.20. The number of guanidine groups is 1. The van der Waals surface area contributed by atoms with Gasteiger partial charge in [0.1, 0.15) is 11.6 Å². The molecule has 8 heteroatoms. The summed E-state index contributed by atoms with van der Waals surface area (Å²) < 4.78 is 29.8. The van der Waals surface area contributed by atoms with Crippen molar-refractivity contribution in [3.63, 3.8) is 0 Å². The van der Waals surface area contributed by atoms with Crippen molar-refractivity contribution < 1.29 is 13.6 Å². The Hall–Kier alpha value is -4.33. The minimum absolute atomic E-state index is 0.207. The van der Waals surface area contributed by atoms with E-state index in [1.807, 2.05) is 84.8 Å². The molecule has 1 aromatic heterocycles. The molecule has 2 aliphatic heterocycles. The summed E-state index contributed by atoms with van der Waals surface area (Å²) >= 11 is 0. The van der Waals surface area contributed by atoms with Crippen LogP contribution in [0.3, 0.4) is 0 Å². The molecule has 0 radical (unpaired) electrons. The Labute approximate surface area is 219 Å². The van der Waals surface area contributed by atoms with E-state index in [4.69, 9.17) is 9.98 Å². The van der Waals surface area contributed by atoms with Crippen LogP contribution < -0.4 is 4.90 Å². The number of hydrogen-bond acceptors (Lipinski definition) is 4. The van der Waals surface area contributed by atoms with Crippen molar-refractivity contribution >= 4 is 17.7 Å². The molecular formula is C30H27F2N5O. The lowest BCUT2D eigenvalue weighted by atomic mass is 10.0. The molecule has 0 saturated heterocycles. The molecule has 1 amide bonds. The van der Waals surface area contributed by atoms with Crippen molar-refractivity contribution in [3.8, 4) is 22.5 Å². The summed E-state index contributed by atoms with van der Waals surface area (Å²) in [5.41, 5.74) is 3.45. The monoisotopic (exact) mass is 511 g/mol. The second kappa shape index (κ2) is 8.90. The van der Waals surface area contributed by atoms with E-state index in [1.165, 1.54) is 6.07 Å². The van der Waals surface area contributed by atoms with Crippen LogP contribution in [-0.2, 0) is 6.54 Å². The van der Waals surface area contributed by atoms with Gasteiger partial charge in [-0.25, -0.2) is 18.8 Å². The minimum Gasteiger partial charge on any atom is -0.305 e. The Bertz CT molecular complexity index is 1570. The molecule has 0 unspecified atom stereocenters.